The monoisotopic (exact) mass is 273 g/mol. The zero-order valence-corrected chi connectivity index (χ0v) is 10.9. The minimum Gasteiger partial charge on any atom is -0.381 e. The maximum atomic E-state index is 12.9. The van der Waals surface area contributed by atoms with Crippen molar-refractivity contribution in [3.63, 3.8) is 0 Å². The molecule has 0 saturated carbocycles. The average Bonchev–Trinajstić information content (AvgIpc) is 2.20. The minimum atomic E-state index is -0.219. The molecule has 0 aliphatic heterocycles. The van der Waals surface area contributed by atoms with Crippen LogP contribution in [-0.4, -0.2) is 6.04 Å². The summed E-state index contributed by atoms with van der Waals surface area (Å²) >= 11 is 3.34. The molecular weight excluding hydrogens is 257 g/mol. The van der Waals surface area contributed by atoms with Crippen LogP contribution >= 0.6 is 15.9 Å². The van der Waals surface area contributed by atoms with Crippen molar-refractivity contribution < 1.29 is 4.39 Å². The summed E-state index contributed by atoms with van der Waals surface area (Å²) in [4.78, 5) is 0. The van der Waals surface area contributed by atoms with E-state index in [1.165, 1.54) is 12.1 Å². The van der Waals surface area contributed by atoms with Gasteiger partial charge in [-0.25, -0.2) is 4.39 Å². The van der Waals surface area contributed by atoms with Crippen LogP contribution in [-0.2, 0) is 0 Å². The topological polar surface area (TPSA) is 12.0 Å². The Kier molecular flexibility index (Phi) is 4.58. The lowest BCUT2D eigenvalue weighted by Crippen LogP contribution is -2.23. The van der Waals surface area contributed by atoms with Crippen LogP contribution in [0.2, 0.25) is 0 Å². The number of hydrogen-bond acceptors (Lipinski definition) is 1. The van der Waals surface area contributed by atoms with Crippen LogP contribution in [0.25, 0.3) is 0 Å². The number of hydrogen-bond donors (Lipinski definition) is 1. The summed E-state index contributed by atoms with van der Waals surface area (Å²) in [7, 11) is 0. The molecule has 1 aromatic carbocycles. The molecule has 2 atom stereocenters. The smallest absolute Gasteiger partial charge is 0.124 e. The van der Waals surface area contributed by atoms with E-state index in [1.54, 1.807) is 6.07 Å². The van der Waals surface area contributed by atoms with Gasteiger partial charge in [-0.2, -0.15) is 0 Å². The van der Waals surface area contributed by atoms with Crippen LogP contribution in [0.1, 0.15) is 27.2 Å². The second-order valence-corrected chi connectivity index (χ2v) is 4.80. The van der Waals surface area contributed by atoms with E-state index in [-0.39, 0.29) is 5.82 Å². The third kappa shape index (κ3) is 3.49. The quantitative estimate of drug-likeness (QED) is 0.856. The first-order valence-corrected chi connectivity index (χ1v) is 6.05. The molecule has 1 aromatic rings. The van der Waals surface area contributed by atoms with Crippen LogP contribution in [0.3, 0.4) is 0 Å². The highest BCUT2D eigenvalue weighted by atomic mass is 79.9. The van der Waals surface area contributed by atoms with Gasteiger partial charge in [0.15, 0.2) is 0 Å². The summed E-state index contributed by atoms with van der Waals surface area (Å²) in [5.41, 5.74) is 0.948. The SMILES string of the molecule is CCC(C)C(C)Nc1ccc(F)cc1Br. The van der Waals surface area contributed by atoms with Crippen LogP contribution < -0.4 is 5.32 Å². The van der Waals surface area contributed by atoms with E-state index in [9.17, 15) is 4.39 Å². The summed E-state index contributed by atoms with van der Waals surface area (Å²) in [6.45, 7) is 6.52. The zero-order chi connectivity index (χ0) is 11.4. The molecule has 15 heavy (non-hydrogen) atoms. The van der Waals surface area contributed by atoms with Gasteiger partial charge in [0, 0.05) is 16.2 Å². The minimum absolute atomic E-state index is 0.219. The molecule has 1 rings (SSSR count). The van der Waals surface area contributed by atoms with Gasteiger partial charge in [-0.1, -0.05) is 20.3 Å². The first kappa shape index (κ1) is 12.5. The number of halogens is 2. The van der Waals surface area contributed by atoms with Gasteiger partial charge in [0.25, 0.3) is 0 Å². The Hall–Kier alpha value is -0.570. The molecule has 0 aromatic heterocycles. The second-order valence-electron chi connectivity index (χ2n) is 3.94. The fourth-order valence-electron chi connectivity index (χ4n) is 1.35. The van der Waals surface area contributed by atoms with E-state index >= 15 is 0 Å². The Morgan fingerprint density at radius 2 is 2.07 bits per heavy atom. The Morgan fingerprint density at radius 3 is 2.60 bits per heavy atom. The molecule has 1 N–H and O–H groups in total. The van der Waals surface area contributed by atoms with Gasteiger partial charge in [-0.3, -0.25) is 0 Å². The molecule has 84 valence electrons. The fraction of sp³-hybridized carbons (Fsp3) is 0.500. The second kappa shape index (κ2) is 5.50. The number of benzene rings is 1. The van der Waals surface area contributed by atoms with Crippen molar-refractivity contribution in [3.8, 4) is 0 Å². The van der Waals surface area contributed by atoms with Crippen molar-refractivity contribution in [3.05, 3.63) is 28.5 Å². The Labute approximate surface area is 99.2 Å². The van der Waals surface area contributed by atoms with Gasteiger partial charge in [-0.15, -0.1) is 0 Å². The number of nitrogens with one attached hydrogen (secondary N) is 1. The largest absolute Gasteiger partial charge is 0.381 e. The lowest BCUT2D eigenvalue weighted by atomic mass is 10.0. The average molecular weight is 274 g/mol. The van der Waals surface area contributed by atoms with Gasteiger partial charge >= 0.3 is 0 Å². The van der Waals surface area contributed by atoms with Crippen molar-refractivity contribution >= 4 is 21.6 Å². The van der Waals surface area contributed by atoms with Crippen LogP contribution in [0.5, 0.6) is 0 Å². The van der Waals surface area contributed by atoms with Crippen LogP contribution in [0.4, 0.5) is 10.1 Å². The van der Waals surface area contributed by atoms with Crippen molar-refractivity contribution in [2.24, 2.45) is 5.92 Å². The maximum absolute atomic E-state index is 12.9. The summed E-state index contributed by atoms with van der Waals surface area (Å²) in [5.74, 6) is 0.380. The molecule has 0 fully saturated rings. The third-order valence-corrected chi connectivity index (χ3v) is 3.47. The van der Waals surface area contributed by atoms with E-state index in [0.717, 1.165) is 16.6 Å². The molecule has 1 nitrogen and oxygen atoms in total. The van der Waals surface area contributed by atoms with Crippen LogP contribution in [0.15, 0.2) is 22.7 Å². The number of anilines is 1. The standard InChI is InChI=1S/C12H17BrFN/c1-4-8(2)9(3)15-12-6-5-10(14)7-11(12)13/h5-9,15H,4H2,1-3H3. The summed E-state index contributed by atoms with van der Waals surface area (Å²) in [5, 5.41) is 3.37. The van der Waals surface area contributed by atoms with Gasteiger partial charge < -0.3 is 5.32 Å². The molecule has 0 saturated heterocycles. The van der Waals surface area contributed by atoms with Gasteiger partial charge in [0.2, 0.25) is 0 Å². The maximum Gasteiger partial charge on any atom is 0.124 e. The Balaban J connectivity index is 2.72. The van der Waals surface area contributed by atoms with E-state index in [2.05, 4.69) is 42.0 Å². The van der Waals surface area contributed by atoms with Crippen molar-refractivity contribution in [2.75, 3.05) is 5.32 Å². The first-order chi connectivity index (χ1) is 7.04. The van der Waals surface area contributed by atoms with E-state index in [1.807, 2.05) is 0 Å². The molecule has 0 spiro atoms. The Bertz CT molecular complexity index is 327. The van der Waals surface area contributed by atoms with Crippen molar-refractivity contribution in [1.29, 1.82) is 0 Å². The third-order valence-electron chi connectivity index (χ3n) is 2.81. The molecule has 0 aliphatic carbocycles. The molecule has 0 bridgehead atoms. The van der Waals surface area contributed by atoms with Gasteiger partial charge in [-0.05, 0) is 47.0 Å². The molecule has 0 aliphatic rings. The van der Waals surface area contributed by atoms with Gasteiger partial charge in [0.1, 0.15) is 5.82 Å². The molecular formula is C12H17BrFN. The zero-order valence-electron chi connectivity index (χ0n) is 9.35. The van der Waals surface area contributed by atoms with Crippen molar-refractivity contribution in [2.45, 2.75) is 33.2 Å². The fourth-order valence-corrected chi connectivity index (χ4v) is 1.81. The van der Waals surface area contributed by atoms with E-state index < -0.39 is 0 Å². The molecule has 3 heteroatoms. The summed E-state index contributed by atoms with van der Waals surface area (Å²) in [6, 6.07) is 5.09. The molecule has 0 radical (unpaired) electrons. The highest BCUT2D eigenvalue weighted by Gasteiger charge is 2.11. The van der Waals surface area contributed by atoms with Crippen LogP contribution in [0, 0.1) is 11.7 Å². The number of rotatable bonds is 4. The highest BCUT2D eigenvalue weighted by molar-refractivity contribution is 9.10. The lowest BCUT2D eigenvalue weighted by Gasteiger charge is -2.21. The lowest BCUT2D eigenvalue weighted by molar-refractivity contribution is 0.494. The predicted octanol–water partition coefficient (Wildman–Crippen LogP) is 4.43. The molecule has 2 unspecified atom stereocenters. The molecule has 0 amide bonds. The van der Waals surface area contributed by atoms with E-state index in [0.29, 0.717) is 12.0 Å². The summed E-state index contributed by atoms with van der Waals surface area (Å²) in [6.07, 6.45) is 1.13. The van der Waals surface area contributed by atoms with Crippen molar-refractivity contribution in [1.82, 2.24) is 0 Å². The highest BCUT2D eigenvalue weighted by Crippen LogP contribution is 2.25. The normalized spacial score (nSPS) is 14.7. The first-order valence-electron chi connectivity index (χ1n) is 5.26. The summed E-state index contributed by atoms with van der Waals surface area (Å²) < 4.78 is 13.6. The van der Waals surface area contributed by atoms with Gasteiger partial charge in [0.05, 0.1) is 0 Å². The Morgan fingerprint density at radius 1 is 1.40 bits per heavy atom. The molecule has 0 heterocycles. The predicted molar refractivity (Wildman–Crippen MR) is 66.6 cm³/mol. The van der Waals surface area contributed by atoms with E-state index in [4.69, 9.17) is 0 Å².